The van der Waals surface area contributed by atoms with Gasteiger partial charge in [0.05, 0.1) is 25.2 Å². The molecule has 0 aliphatic rings. The number of aliphatic hydroxyl groups excluding tert-OH is 2. The van der Waals surface area contributed by atoms with Crippen molar-refractivity contribution in [2.75, 3.05) is 6.61 Å². The maximum Gasteiger partial charge on any atom is 0.306 e. The Hall–Kier alpha value is -2.70. The average molecular weight is 768 g/mol. The van der Waals surface area contributed by atoms with Gasteiger partial charge in [-0.3, -0.25) is 9.59 Å². The molecule has 0 saturated carbocycles. The third kappa shape index (κ3) is 38.0. The summed E-state index contributed by atoms with van der Waals surface area (Å²) in [5.41, 5.74) is 0. The molecule has 0 aliphatic carbocycles. The molecule has 0 bridgehead atoms. The Morgan fingerprint density at radius 1 is 0.564 bits per heavy atom. The van der Waals surface area contributed by atoms with Crippen molar-refractivity contribution in [1.82, 2.24) is 5.32 Å². The minimum atomic E-state index is -0.799. The van der Waals surface area contributed by atoms with E-state index in [1.165, 1.54) is 57.8 Å². The summed E-state index contributed by atoms with van der Waals surface area (Å²) < 4.78 is 5.87. The van der Waals surface area contributed by atoms with E-state index in [0.29, 0.717) is 19.3 Å². The predicted octanol–water partition coefficient (Wildman–Crippen LogP) is 13.1. The number of hydrogen-bond donors (Lipinski definition) is 3. The third-order valence-electron chi connectivity index (χ3n) is 9.88. The summed E-state index contributed by atoms with van der Waals surface area (Å²) >= 11 is 0. The Morgan fingerprint density at radius 2 is 1.07 bits per heavy atom. The first-order valence-electron chi connectivity index (χ1n) is 22.7. The van der Waals surface area contributed by atoms with Crippen LogP contribution in [0, 0.1) is 0 Å². The molecule has 0 saturated heterocycles. The molecule has 6 nitrogen and oxygen atoms in total. The molecule has 0 fully saturated rings. The monoisotopic (exact) mass is 768 g/mol. The molecule has 0 radical (unpaired) electrons. The summed E-state index contributed by atoms with van der Waals surface area (Å²) in [5, 5.41) is 23.6. The number of unbranched alkanes of at least 4 members (excludes halogenated alkanes) is 18. The second-order valence-electron chi connectivity index (χ2n) is 15.1. The molecule has 316 valence electrons. The van der Waals surface area contributed by atoms with Crippen molar-refractivity contribution in [3.63, 3.8) is 0 Å². The zero-order chi connectivity index (χ0) is 40.3. The lowest BCUT2D eigenvalue weighted by molar-refractivity contribution is -0.151. The Morgan fingerprint density at radius 3 is 1.69 bits per heavy atom. The van der Waals surface area contributed by atoms with Crippen molar-refractivity contribution in [1.29, 1.82) is 0 Å². The van der Waals surface area contributed by atoms with Crippen LogP contribution in [0.25, 0.3) is 0 Å². The Labute approximate surface area is 339 Å². The number of carbonyl (C=O) groups excluding carboxylic acids is 2. The number of ether oxygens (including phenoxy) is 1. The fourth-order valence-corrected chi connectivity index (χ4v) is 6.48. The van der Waals surface area contributed by atoms with Crippen molar-refractivity contribution in [3.8, 4) is 0 Å². The van der Waals surface area contributed by atoms with Crippen LogP contribution in [0.2, 0.25) is 0 Å². The molecule has 55 heavy (non-hydrogen) atoms. The number of esters is 1. The van der Waals surface area contributed by atoms with E-state index in [9.17, 15) is 19.8 Å². The van der Waals surface area contributed by atoms with Gasteiger partial charge in [0.2, 0.25) is 5.91 Å². The van der Waals surface area contributed by atoms with Gasteiger partial charge in [0.1, 0.15) is 6.10 Å². The lowest BCUT2D eigenvalue weighted by atomic mass is 10.0. The molecular weight excluding hydrogens is 683 g/mol. The highest BCUT2D eigenvalue weighted by molar-refractivity contribution is 5.77. The molecule has 1 amide bonds. The SMILES string of the molecule is CC/C=C/C=C/C=C\C=C/CCCCCC(=O)OC(CCCCCCC/C=C/C/C=C/CC)CC(=O)NC(CO)C(O)CCCCCCCCCCCCC. The number of nitrogens with one attached hydrogen (secondary N) is 1. The molecule has 0 aromatic rings. The predicted molar refractivity (Wildman–Crippen MR) is 236 cm³/mol. The zero-order valence-corrected chi connectivity index (χ0v) is 35.8. The van der Waals surface area contributed by atoms with Crippen LogP contribution in [0.5, 0.6) is 0 Å². The second kappa shape index (κ2) is 42.4. The van der Waals surface area contributed by atoms with Crippen LogP contribution in [0.4, 0.5) is 0 Å². The highest BCUT2D eigenvalue weighted by Crippen LogP contribution is 2.17. The fourth-order valence-electron chi connectivity index (χ4n) is 6.48. The standard InChI is InChI=1S/C49H85NO5/c1-4-7-10-13-16-19-22-24-27-30-33-36-39-42-49(54)55-45(40-37-34-31-28-26-23-20-17-14-11-8-5-2)43-48(53)50-46(44-51)47(52)41-38-35-32-29-25-21-18-15-12-9-6-3/h7-8,10-11,13,16-17,19-20,22,24,27,45-47,51-52H,4-6,9,12,14-15,18,21,23,25-26,28-44H2,1-3H3,(H,50,53)/b10-7+,11-8+,16-13+,20-17+,22-19-,27-24-. The number of hydrogen-bond acceptors (Lipinski definition) is 5. The van der Waals surface area contributed by atoms with Crippen molar-refractivity contribution < 1.29 is 24.5 Å². The summed E-state index contributed by atoms with van der Waals surface area (Å²) in [6, 6.07) is -0.715. The molecule has 3 atom stereocenters. The molecule has 6 heteroatoms. The first-order valence-corrected chi connectivity index (χ1v) is 22.7. The van der Waals surface area contributed by atoms with Gasteiger partial charge >= 0.3 is 5.97 Å². The van der Waals surface area contributed by atoms with Crippen LogP contribution >= 0.6 is 0 Å². The van der Waals surface area contributed by atoms with E-state index in [1.807, 2.05) is 30.4 Å². The quantitative estimate of drug-likeness (QED) is 0.0250. The van der Waals surface area contributed by atoms with Gasteiger partial charge < -0.3 is 20.3 Å². The van der Waals surface area contributed by atoms with Gasteiger partial charge in [-0.05, 0) is 70.6 Å². The van der Waals surface area contributed by atoms with Gasteiger partial charge in [-0.25, -0.2) is 0 Å². The number of amides is 1. The second-order valence-corrected chi connectivity index (χ2v) is 15.1. The van der Waals surface area contributed by atoms with Gasteiger partial charge in [0.25, 0.3) is 0 Å². The molecule has 0 aliphatic heterocycles. The Kier molecular flexibility index (Phi) is 40.4. The summed E-state index contributed by atoms with van der Waals surface area (Å²) in [6.45, 7) is 6.19. The van der Waals surface area contributed by atoms with Gasteiger partial charge in [0, 0.05) is 6.42 Å². The van der Waals surface area contributed by atoms with E-state index in [1.54, 1.807) is 0 Å². The summed E-state index contributed by atoms with van der Waals surface area (Å²) in [4.78, 5) is 26.0. The van der Waals surface area contributed by atoms with Crippen molar-refractivity contribution in [2.45, 2.75) is 219 Å². The van der Waals surface area contributed by atoms with Crippen LogP contribution in [0.3, 0.4) is 0 Å². The van der Waals surface area contributed by atoms with E-state index in [-0.39, 0.29) is 24.9 Å². The molecule has 0 aromatic carbocycles. The first-order chi connectivity index (χ1) is 27.0. The smallest absolute Gasteiger partial charge is 0.306 e. The Bertz CT molecular complexity index is 1040. The number of rotatable bonds is 39. The van der Waals surface area contributed by atoms with Gasteiger partial charge in [-0.1, -0.05) is 190 Å². The first kappa shape index (κ1) is 52.3. The number of carbonyl (C=O) groups is 2. The van der Waals surface area contributed by atoms with E-state index in [2.05, 4.69) is 68.6 Å². The van der Waals surface area contributed by atoms with E-state index in [4.69, 9.17) is 4.74 Å². The normalized spacial score (nSPS) is 14.1. The largest absolute Gasteiger partial charge is 0.462 e. The highest BCUT2D eigenvalue weighted by Gasteiger charge is 2.24. The zero-order valence-electron chi connectivity index (χ0n) is 35.8. The maximum atomic E-state index is 13.1. The number of aliphatic hydroxyl groups is 2. The topological polar surface area (TPSA) is 95.9 Å². The minimum absolute atomic E-state index is 0.0487. The van der Waals surface area contributed by atoms with Crippen LogP contribution < -0.4 is 5.32 Å². The van der Waals surface area contributed by atoms with Gasteiger partial charge in [0.15, 0.2) is 0 Å². The molecule has 3 N–H and O–H groups in total. The maximum absolute atomic E-state index is 13.1. The molecule has 0 aromatic heterocycles. The minimum Gasteiger partial charge on any atom is -0.462 e. The van der Waals surface area contributed by atoms with E-state index >= 15 is 0 Å². The van der Waals surface area contributed by atoms with Crippen molar-refractivity contribution in [3.05, 3.63) is 72.9 Å². The third-order valence-corrected chi connectivity index (χ3v) is 9.88. The van der Waals surface area contributed by atoms with Crippen LogP contribution in [0.15, 0.2) is 72.9 Å². The van der Waals surface area contributed by atoms with Crippen LogP contribution in [-0.2, 0) is 14.3 Å². The van der Waals surface area contributed by atoms with Gasteiger partial charge in [-0.2, -0.15) is 0 Å². The number of allylic oxidation sites excluding steroid dienone is 12. The van der Waals surface area contributed by atoms with E-state index < -0.39 is 18.2 Å². The molecule has 0 rings (SSSR count). The highest BCUT2D eigenvalue weighted by atomic mass is 16.5. The van der Waals surface area contributed by atoms with Crippen LogP contribution in [0.1, 0.15) is 201 Å². The van der Waals surface area contributed by atoms with Crippen molar-refractivity contribution in [2.24, 2.45) is 0 Å². The molecule has 0 spiro atoms. The van der Waals surface area contributed by atoms with Crippen molar-refractivity contribution >= 4 is 11.9 Å². The molecule has 0 heterocycles. The van der Waals surface area contributed by atoms with E-state index in [0.717, 1.165) is 96.3 Å². The lowest BCUT2D eigenvalue weighted by Gasteiger charge is -2.24. The van der Waals surface area contributed by atoms with Crippen LogP contribution in [-0.4, -0.2) is 46.9 Å². The molecular formula is C49H85NO5. The summed E-state index contributed by atoms with van der Waals surface area (Å²) in [7, 11) is 0. The van der Waals surface area contributed by atoms with Gasteiger partial charge in [-0.15, -0.1) is 0 Å². The summed E-state index contributed by atoms with van der Waals surface area (Å²) in [6.07, 6.45) is 52.4. The lowest BCUT2D eigenvalue weighted by Crippen LogP contribution is -2.46. The summed E-state index contributed by atoms with van der Waals surface area (Å²) in [5.74, 6) is -0.542. The average Bonchev–Trinajstić information content (AvgIpc) is 3.18. The molecule has 3 unspecified atom stereocenters. The fraction of sp³-hybridized carbons (Fsp3) is 0.714. The Balaban J connectivity index is 4.70.